The van der Waals surface area contributed by atoms with Crippen molar-refractivity contribution < 1.29 is 22.1 Å². The lowest BCUT2D eigenvalue weighted by molar-refractivity contribution is 0.0815. The molecule has 0 fully saturated rings. The minimum absolute atomic E-state index is 0.0275. The minimum atomic E-state index is -3.34. The van der Waals surface area contributed by atoms with E-state index in [0.717, 1.165) is 17.8 Å². The lowest BCUT2D eigenvalue weighted by Crippen LogP contribution is -2.28. The summed E-state index contributed by atoms with van der Waals surface area (Å²) in [5.74, 6) is 1.56. The lowest BCUT2D eigenvalue weighted by atomic mass is 10.2. The molecule has 0 amide bonds. The van der Waals surface area contributed by atoms with Gasteiger partial charge in [-0.15, -0.1) is 11.3 Å². The van der Waals surface area contributed by atoms with Crippen LogP contribution in [0.3, 0.4) is 0 Å². The van der Waals surface area contributed by atoms with Crippen LogP contribution in [0.2, 0.25) is 0 Å². The zero-order chi connectivity index (χ0) is 12.3. The van der Waals surface area contributed by atoms with Gasteiger partial charge in [-0.3, -0.25) is 4.18 Å². The van der Waals surface area contributed by atoms with E-state index in [1.165, 1.54) is 11.3 Å². The predicted octanol–water partition coefficient (Wildman–Crippen LogP) is 1.64. The summed E-state index contributed by atoms with van der Waals surface area (Å²) in [6, 6.07) is 0. The van der Waals surface area contributed by atoms with E-state index in [2.05, 4.69) is 4.18 Å². The van der Waals surface area contributed by atoms with Crippen molar-refractivity contribution in [2.75, 3.05) is 19.5 Å². The highest BCUT2D eigenvalue weighted by atomic mass is 32.2. The van der Waals surface area contributed by atoms with Crippen molar-refractivity contribution in [2.45, 2.75) is 18.9 Å². The van der Waals surface area contributed by atoms with Gasteiger partial charge in [0, 0.05) is 10.8 Å². The molecule has 1 atom stereocenters. The summed E-state index contributed by atoms with van der Waals surface area (Å²) in [5, 5.41) is 3.80. The van der Waals surface area contributed by atoms with Crippen LogP contribution >= 0.6 is 11.3 Å². The Labute approximate surface area is 104 Å². The molecular formula is C10H14O5S2. The second kappa shape index (κ2) is 5.24. The van der Waals surface area contributed by atoms with E-state index >= 15 is 0 Å². The Hall–Kier alpha value is -0.790. The molecule has 7 heteroatoms. The van der Waals surface area contributed by atoms with Gasteiger partial charge in [-0.05, 0) is 12.8 Å². The Balaban J connectivity index is 1.72. The van der Waals surface area contributed by atoms with Gasteiger partial charge in [-0.2, -0.15) is 8.42 Å². The fourth-order valence-electron chi connectivity index (χ4n) is 1.52. The van der Waals surface area contributed by atoms with Crippen LogP contribution in [0.5, 0.6) is 11.5 Å². The second-order valence-corrected chi connectivity index (χ2v) is 6.21. The maximum absolute atomic E-state index is 10.7. The van der Waals surface area contributed by atoms with Crippen molar-refractivity contribution in [3.8, 4) is 11.5 Å². The number of hydrogen-bond acceptors (Lipinski definition) is 6. The van der Waals surface area contributed by atoms with Crippen LogP contribution in [-0.2, 0) is 14.3 Å². The maximum Gasteiger partial charge on any atom is 0.264 e. The van der Waals surface area contributed by atoms with Crippen LogP contribution in [0.1, 0.15) is 12.8 Å². The maximum atomic E-state index is 10.7. The second-order valence-electron chi connectivity index (χ2n) is 3.82. The van der Waals surface area contributed by atoms with Gasteiger partial charge in [0.15, 0.2) is 11.5 Å². The normalized spacial score (nSPS) is 19.2. The van der Waals surface area contributed by atoms with E-state index in [9.17, 15) is 8.42 Å². The predicted molar refractivity (Wildman–Crippen MR) is 64.3 cm³/mol. The van der Waals surface area contributed by atoms with Gasteiger partial charge in [0.2, 0.25) is 0 Å². The fraction of sp³-hybridized carbons (Fsp3) is 0.600. The van der Waals surface area contributed by atoms with Gasteiger partial charge in [0.1, 0.15) is 12.7 Å². The monoisotopic (exact) mass is 278 g/mol. The third-order valence-corrected chi connectivity index (χ3v) is 3.57. The third kappa shape index (κ3) is 3.86. The molecule has 0 bridgehead atoms. The molecule has 0 spiro atoms. The molecule has 0 aromatic carbocycles. The molecule has 96 valence electrons. The zero-order valence-electron chi connectivity index (χ0n) is 9.42. The van der Waals surface area contributed by atoms with Gasteiger partial charge in [0.25, 0.3) is 10.1 Å². The molecule has 1 aliphatic rings. The molecule has 2 rings (SSSR count). The van der Waals surface area contributed by atoms with Crippen molar-refractivity contribution in [2.24, 2.45) is 0 Å². The van der Waals surface area contributed by atoms with Crippen LogP contribution in [0.4, 0.5) is 0 Å². The largest absolute Gasteiger partial charge is 0.485 e. The van der Waals surface area contributed by atoms with Crippen molar-refractivity contribution in [3.63, 3.8) is 0 Å². The van der Waals surface area contributed by atoms with E-state index in [1.54, 1.807) is 0 Å². The summed E-state index contributed by atoms with van der Waals surface area (Å²) < 4.78 is 37.3. The molecule has 0 radical (unpaired) electrons. The third-order valence-electron chi connectivity index (χ3n) is 2.28. The molecule has 0 saturated heterocycles. The van der Waals surface area contributed by atoms with Gasteiger partial charge in [0.05, 0.1) is 12.9 Å². The molecule has 0 aliphatic carbocycles. The van der Waals surface area contributed by atoms with E-state index < -0.39 is 10.1 Å². The number of thiophene rings is 1. The first-order valence-electron chi connectivity index (χ1n) is 5.24. The standard InChI is InChI=1S/C10H14O5S2/c1-17(11,12)14-4-2-3-8-5-13-9-6-16-7-10(9)15-8/h6-8H,2-5H2,1H3. The number of ether oxygens (including phenoxy) is 2. The molecule has 1 aromatic rings. The Morgan fingerprint density at radius 1 is 1.47 bits per heavy atom. The Morgan fingerprint density at radius 2 is 2.24 bits per heavy atom. The van der Waals surface area contributed by atoms with Gasteiger partial charge in [-0.25, -0.2) is 0 Å². The quantitative estimate of drug-likeness (QED) is 0.605. The van der Waals surface area contributed by atoms with Gasteiger partial charge < -0.3 is 9.47 Å². The first-order chi connectivity index (χ1) is 8.04. The summed E-state index contributed by atoms with van der Waals surface area (Å²) in [6.45, 7) is 0.692. The van der Waals surface area contributed by atoms with Crippen LogP contribution < -0.4 is 9.47 Å². The average Bonchev–Trinajstić information content (AvgIpc) is 2.70. The summed E-state index contributed by atoms with van der Waals surface area (Å²) in [7, 11) is -3.34. The van der Waals surface area contributed by atoms with Crippen molar-refractivity contribution >= 4 is 21.5 Å². The molecule has 1 unspecified atom stereocenters. The molecule has 17 heavy (non-hydrogen) atoms. The van der Waals surface area contributed by atoms with Crippen molar-refractivity contribution in [1.29, 1.82) is 0 Å². The number of fused-ring (bicyclic) bond motifs is 1. The van der Waals surface area contributed by atoms with Crippen LogP contribution in [-0.4, -0.2) is 34.0 Å². The lowest BCUT2D eigenvalue weighted by Gasteiger charge is -2.24. The first kappa shape index (κ1) is 12.7. The highest BCUT2D eigenvalue weighted by Crippen LogP contribution is 2.35. The summed E-state index contributed by atoms with van der Waals surface area (Å²) >= 11 is 1.54. The van der Waals surface area contributed by atoms with Crippen LogP contribution in [0.25, 0.3) is 0 Å². The van der Waals surface area contributed by atoms with E-state index in [4.69, 9.17) is 9.47 Å². The summed E-state index contributed by atoms with van der Waals surface area (Å²) in [4.78, 5) is 0. The molecule has 1 aromatic heterocycles. The molecule has 0 N–H and O–H groups in total. The van der Waals surface area contributed by atoms with E-state index in [0.29, 0.717) is 19.4 Å². The molecule has 2 heterocycles. The highest BCUT2D eigenvalue weighted by Gasteiger charge is 2.21. The number of rotatable bonds is 5. The summed E-state index contributed by atoms with van der Waals surface area (Å²) in [6.07, 6.45) is 2.36. The average molecular weight is 278 g/mol. The Kier molecular flexibility index (Phi) is 3.90. The van der Waals surface area contributed by atoms with Gasteiger partial charge in [-0.1, -0.05) is 0 Å². The minimum Gasteiger partial charge on any atom is -0.485 e. The SMILES string of the molecule is CS(=O)(=O)OCCCC1COc2cscc2O1. The first-order valence-corrected chi connectivity index (χ1v) is 8.00. The van der Waals surface area contributed by atoms with E-state index in [1.807, 2.05) is 10.8 Å². The molecule has 1 aliphatic heterocycles. The summed E-state index contributed by atoms with van der Waals surface area (Å²) in [5.41, 5.74) is 0. The van der Waals surface area contributed by atoms with Crippen LogP contribution in [0, 0.1) is 0 Å². The number of hydrogen-bond donors (Lipinski definition) is 0. The smallest absolute Gasteiger partial charge is 0.264 e. The van der Waals surface area contributed by atoms with Crippen LogP contribution in [0.15, 0.2) is 10.8 Å². The van der Waals surface area contributed by atoms with E-state index in [-0.39, 0.29) is 12.7 Å². The fourth-order valence-corrected chi connectivity index (χ4v) is 2.62. The zero-order valence-corrected chi connectivity index (χ0v) is 11.1. The van der Waals surface area contributed by atoms with Crippen molar-refractivity contribution in [1.82, 2.24) is 0 Å². The molecular weight excluding hydrogens is 264 g/mol. The Morgan fingerprint density at radius 3 is 3.00 bits per heavy atom. The van der Waals surface area contributed by atoms with Crippen molar-refractivity contribution in [3.05, 3.63) is 10.8 Å². The molecule has 5 nitrogen and oxygen atoms in total. The topological polar surface area (TPSA) is 61.8 Å². The molecule has 0 saturated carbocycles. The van der Waals surface area contributed by atoms with Gasteiger partial charge >= 0.3 is 0 Å². The Bertz CT molecular complexity index is 465. The highest BCUT2D eigenvalue weighted by molar-refractivity contribution is 7.85.